The molecule has 1 aromatic carbocycles. The molecule has 1 saturated carbocycles. The van der Waals surface area contributed by atoms with Crippen LogP contribution in [0.1, 0.15) is 44.3 Å². The molecule has 1 N–H and O–H groups in total. The van der Waals surface area contributed by atoms with Crippen LogP contribution in [0.25, 0.3) is 11.0 Å². The van der Waals surface area contributed by atoms with Gasteiger partial charge in [0.15, 0.2) is 0 Å². The zero-order valence-electron chi connectivity index (χ0n) is 12.1. The van der Waals surface area contributed by atoms with Gasteiger partial charge in [-0.15, -0.1) is 0 Å². The van der Waals surface area contributed by atoms with E-state index in [1.807, 2.05) is 18.2 Å². The van der Waals surface area contributed by atoms with E-state index < -0.39 is 5.97 Å². The average molecular weight is 307 g/mol. The minimum atomic E-state index is -0.682. The van der Waals surface area contributed by atoms with Gasteiger partial charge in [0.1, 0.15) is 5.82 Å². The molecule has 1 aliphatic rings. The molecule has 1 aliphatic carbocycles. The van der Waals surface area contributed by atoms with E-state index in [0.29, 0.717) is 11.4 Å². The molecule has 0 saturated heterocycles. The first kappa shape index (κ1) is 14.4. The number of halogens is 1. The van der Waals surface area contributed by atoms with Gasteiger partial charge < -0.3 is 9.67 Å². The number of aliphatic carboxylic acids is 1. The molecule has 0 radical (unpaired) electrons. The van der Waals surface area contributed by atoms with Gasteiger partial charge in [-0.05, 0) is 43.9 Å². The highest BCUT2D eigenvalue weighted by Crippen LogP contribution is 2.39. The minimum absolute atomic E-state index is 0.228. The van der Waals surface area contributed by atoms with Crippen molar-refractivity contribution in [3.8, 4) is 0 Å². The number of carbonyl (C=O) groups is 1. The fourth-order valence-electron chi connectivity index (χ4n) is 3.33. The summed E-state index contributed by atoms with van der Waals surface area (Å²) >= 11 is 6.05. The number of nitrogens with zero attached hydrogens (tertiary/aromatic N) is 2. The van der Waals surface area contributed by atoms with Crippen LogP contribution >= 0.6 is 11.6 Å². The Kier molecular flexibility index (Phi) is 3.89. The standard InChI is InChI=1S/C16H19ClN2O2/c1-2-7-19-14-6-5-12(17)9-13(14)18-15(19)10-3-4-11(8-10)16(20)21/h5-6,9-11H,2-4,7-8H2,1H3,(H,20,21). The SMILES string of the molecule is CCCn1c(C2CCC(C(=O)O)C2)nc2cc(Cl)ccc21. The maximum Gasteiger partial charge on any atom is 0.306 e. The van der Waals surface area contributed by atoms with Gasteiger partial charge >= 0.3 is 5.97 Å². The molecular formula is C16H19ClN2O2. The summed E-state index contributed by atoms with van der Waals surface area (Å²) in [5.74, 6) is 0.355. The third kappa shape index (κ3) is 2.64. The molecule has 2 aromatic rings. The first-order valence-corrected chi connectivity index (χ1v) is 7.86. The first-order valence-electron chi connectivity index (χ1n) is 7.48. The molecule has 0 bridgehead atoms. The van der Waals surface area contributed by atoms with E-state index in [-0.39, 0.29) is 11.8 Å². The summed E-state index contributed by atoms with van der Waals surface area (Å²) in [5.41, 5.74) is 2.00. The fourth-order valence-corrected chi connectivity index (χ4v) is 3.50. The quantitative estimate of drug-likeness (QED) is 0.926. The molecule has 1 heterocycles. The van der Waals surface area contributed by atoms with Crippen LogP contribution in [0.4, 0.5) is 0 Å². The van der Waals surface area contributed by atoms with Gasteiger partial charge in [-0.3, -0.25) is 4.79 Å². The van der Waals surface area contributed by atoms with Gasteiger partial charge in [-0.25, -0.2) is 4.98 Å². The number of hydrogen-bond acceptors (Lipinski definition) is 2. The molecule has 0 amide bonds. The summed E-state index contributed by atoms with van der Waals surface area (Å²) in [6.45, 7) is 3.04. The van der Waals surface area contributed by atoms with Crippen molar-refractivity contribution in [1.29, 1.82) is 0 Å². The second kappa shape index (κ2) is 5.68. The van der Waals surface area contributed by atoms with Crippen molar-refractivity contribution in [2.75, 3.05) is 0 Å². The Morgan fingerprint density at radius 3 is 2.95 bits per heavy atom. The Balaban J connectivity index is 2.01. The van der Waals surface area contributed by atoms with Gasteiger partial charge in [0.25, 0.3) is 0 Å². The zero-order chi connectivity index (χ0) is 15.0. The predicted molar refractivity (Wildman–Crippen MR) is 82.8 cm³/mol. The lowest BCUT2D eigenvalue weighted by atomic mass is 10.0. The Morgan fingerprint density at radius 2 is 2.29 bits per heavy atom. The van der Waals surface area contributed by atoms with Gasteiger partial charge in [0.2, 0.25) is 0 Å². The highest BCUT2D eigenvalue weighted by atomic mass is 35.5. The molecular weight excluding hydrogens is 288 g/mol. The second-order valence-corrected chi connectivity index (χ2v) is 6.24. The number of carboxylic acid groups (broad SMARTS) is 1. The fraction of sp³-hybridized carbons (Fsp3) is 0.500. The van der Waals surface area contributed by atoms with Gasteiger partial charge in [-0.1, -0.05) is 18.5 Å². The Labute approximate surface area is 128 Å². The summed E-state index contributed by atoms with van der Waals surface area (Å²) < 4.78 is 2.24. The van der Waals surface area contributed by atoms with Crippen LogP contribution in [0.15, 0.2) is 18.2 Å². The van der Waals surface area contributed by atoms with Crippen molar-refractivity contribution >= 4 is 28.6 Å². The van der Waals surface area contributed by atoms with Crippen LogP contribution in [0.3, 0.4) is 0 Å². The number of rotatable bonds is 4. The molecule has 0 aliphatic heterocycles. The van der Waals surface area contributed by atoms with E-state index in [2.05, 4.69) is 11.5 Å². The number of aromatic nitrogens is 2. The van der Waals surface area contributed by atoms with E-state index in [1.165, 1.54) is 0 Å². The van der Waals surface area contributed by atoms with E-state index >= 15 is 0 Å². The van der Waals surface area contributed by atoms with E-state index in [0.717, 1.165) is 42.7 Å². The van der Waals surface area contributed by atoms with E-state index in [9.17, 15) is 9.90 Å². The highest BCUT2D eigenvalue weighted by Gasteiger charge is 2.33. The summed E-state index contributed by atoms with van der Waals surface area (Å²) in [5, 5.41) is 9.87. The number of aryl methyl sites for hydroxylation is 1. The normalized spacial score (nSPS) is 22.0. The van der Waals surface area contributed by atoms with Crippen molar-refractivity contribution in [3.63, 3.8) is 0 Å². The van der Waals surface area contributed by atoms with Gasteiger partial charge in [0, 0.05) is 17.5 Å². The van der Waals surface area contributed by atoms with Crippen LogP contribution in [-0.2, 0) is 11.3 Å². The lowest BCUT2D eigenvalue weighted by molar-refractivity contribution is -0.141. The Bertz CT molecular complexity index is 680. The monoisotopic (exact) mass is 306 g/mol. The van der Waals surface area contributed by atoms with Crippen LogP contribution in [-0.4, -0.2) is 20.6 Å². The van der Waals surface area contributed by atoms with Crippen LogP contribution < -0.4 is 0 Å². The summed E-state index contributed by atoms with van der Waals surface area (Å²) in [6, 6.07) is 5.78. The molecule has 3 rings (SSSR count). The summed E-state index contributed by atoms with van der Waals surface area (Å²) in [7, 11) is 0. The maximum absolute atomic E-state index is 11.2. The summed E-state index contributed by atoms with van der Waals surface area (Å²) in [6.07, 6.45) is 3.36. The smallest absolute Gasteiger partial charge is 0.306 e. The van der Waals surface area contributed by atoms with Crippen molar-refractivity contribution in [3.05, 3.63) is 29.0 Å². The summed E-state index contributed by atoms with van der Waals surface area (Å²) in [4.78, 5) is 15.9. The lowest BCUT2D eigenvalue weighted by Crippen LogP contribution is -2.11. The van der Waals surface area contributed by atoms with Crippen molar-refractivity contribution in [2.24, 2.45) is 5.92 Å². The van der Waals surface area contributed by atoms with Crippen molar-refractivity contribution in [2.45, 2.75) is 45.1 Å². The van der Waals surface area contributed by atoms with Crippen molar-refractivity contribution in [1.82, 2.24) is 9.55 Å². The van der Waals surface area contributed by atoms with E-state index in [4.69, 9.17) is 16.6 Å². The van der Waals surface area contributed by atoms with Crippen LogP contribution in [0.5, 0.6) is 0 Å². The largest absolute Gasteiger partial charge is 0.481 e. The Morgan fingerprint density at radius 1 is 1.48 bits per heavy atom. The zero-order valence-corrected chi connectivity index (χ0v) is 12.8. The molecule has 5 heteroatoms. The van der Waals surface area contributed by atoms with Crippen LogP contribution in [0, 0.1) is 5.92 Å². The molecule has 112 valence electrons. The molecule has 2 atom stereocenters. The van der Waals surface area contributed by atoms with Gasteiger partial charge in [0.05, 0.1) is 17.0 Å². The third-order valence-corrected chi connectivity index (χ3v) is 4.57. The van der Waals surface area contributed by atoms with Crippen LogP contribution in [0.2, 0.25) is 5.02 Å². The highest BCUT2D eigenvalue weighted by molar-refractivity contribution is 6.31. The average Bonchev–Trinajstić information content (AvgIpc) is 3.04. The number of fused-ring (bicyclic) bond motifs is 1. The first-order chi connectivity index (χ1) is 10.1. The number of hydrogen-bond donors (Lipinski definition) is 1. The number of imidazole rings is 1. The Hall–Kier alpha value is -1.55. The molecule has 1 fully saturated rings. The molecule has 0 spiro atoms. The van der Waals surface area contributed by atoms with E-state index in [1.54, 1.807) is 0 Å². The molecule has 1 aromatic heterocycles. The lowest BCUT2D eigenvalue weighted by Gasteiger charge is -2.13. The van der Waals surface area contributed by atoms with Gasteiger partial charge in [-0.2, -0.15) is 0 Å². The topological polar surface area (TPSA) is 55.1 Å². The minimum Gasteiger partial charge on any atom is -0.481 e. The third-order valence-electron chi connectivity index (χ3n) is 4.33. The molecule has 21 heavy (non-hydrogen) atoms. The van der Waals surface area contributed by atoms with Crippen molar-refractivity contribution < 1.29 is 9.90 Å². The predicted octanol–water partition coefficient (Wildman–Crippen LogP) is 4.07. The second-order valence-electron chi connectivity index (χ2n) is 5.80. The maximum atomic E-state index is 11.2. The number of benzene rings is 1. The number of carboxylic acids is 1. The molecule has 4 nitrogen and oxygen atoms in total. The molecule has 2 unspecified atom stereocenters.